The van der Waals surface area contributed by atoms with Crippen LogP contribution in [0, 0.1) is 20.8 Å². The molecule has 0 aliphatic rings. The Hall–Kier alpha value is -2.09. The molecule has 2 N–H and O–H groups in total. The molecule has 0 heterocycles. The molecule has 0 aromatic heterocycles. The number of carbonyl (C=O) groups excluding carboxylic acids is 1. The van der Waals surface area contributed by atoms with E-state index in [1.54, 1.807) is 0 Å². The van der Waals surface area contributed by atoms with Crippen LogP contribution in [0.25, 0.3) is 0 Å². The maximum Gasteiger partial charge on any atom is 0.248 e. The van der Waals surface area contributed by atoms with Gasteiger partial charge < -0.3 is 5.73 Å². The third kappa shape index (κ3) is 4.01. The van der Waals surface area contributed by atoms with Crippen molar-refractivity contribution in [1.82, 2.24) is 0 Å². The molecule has 2 heteroatoms. The minimum absolute atomic E-state index is 0.341. The minimum Gasteiger partial charge on any atom is -0.366 e. The molecule has 1 unspecified atom stereocenters. The minimum atomic E-state index is -0.341. The van der Waals surface area contributed by atoms with Crippen molar-refractivity contribution in [1.29, 1.82) is 0 Å². The highest BCUT2D eigenvalue weighted by Crippen LogP contribution is 2.27. The summed E-state index contributed by atoms with van der Waals surface area (Å²) >= 11 is 0. The molecule has 2 aromatic rings. The monoisotopic (exact) mass is 309 g/mol. The van der Waals surface area contributed by atoms with Gasteiger partial charge in [-0.1, -0.05) is 37.3 Å². The van der Waals surface area contributed by atoms with E-state index in [-0.39, 0.29) is 5.91 Å². The normalized spacial score (nSPS) is 12.2. The van der Waals surface area contributed by atoms with E-state index in [1.807, 2.05) is 19.1 Å². The molecule has 2 nitrogen and oxygen atoms in total. The Bertz CT molecular complexity index is 703. The molecule has 0 saturated carbocycles. The highest BCUT2D eigenvalue weighted by molar-refractivity contribution is 5.94. The van der Waals surface area contributed by atoms with Crippen LogP contribution in [0.2, 0.25) is 0 Å². The molecule has 0 bridgehead atoms. The Kier molecular flexibility index (Phi) is 5.59. The molecule has 0 fully saturated rings. The van der Waals surface area contributed by atoms with Gasteiger partial charge in [0, 0.05) is 5.56 Å². The van der Waals surface area contributed by atoms with E-state index in [2.05, 4.69) is 45.0 Å². The fraction of sp³-hybridized carbons (Fsp3) is 0.381. The molecule has 1 atom stereocenters. The first-order valence-electron chi connectivity index (χ1n) is 8.36. The molecule has 0 radical (unpaired) electrons. The first-order chi connectivity index (χ1) is 10.9. The van der Waals surface area contributed by atoms with Crippen LogP contribution >= 0.6 is 0 Å². The Morgan fingerprint density at radius 2 is 1.74 bits per heavy atom. The summed E-state index contributed by atoms with van der Waals surface area (Å²) < 4.78 is 0. The summed E-state index contributed by atoms with van der Waals surface area (Å²) in [5, 5.41) is 0. The largest absolute Gasteiger partial charge is 0.366 e. The molecule has 2 rings (SSSR count). The smallest absolute Gasteiger partial charge is 0.248 e. The van der Waals surface area contributed by atoms with E-state index < -0.39 is 0 Å². The van der Waals surface area contributed by atoms with Crippen molar-refractivity contribution in [2.24, 2.45) is 5.73 Å². The van der Waals surface area contributed by atoms with Gasteiger partial charge in [0.05, 0.1) is 0 Å². The lowest BCUT2D eigenvalue weighted by Gasteiger charge is -2.17. The van der Waals surface area contributed by atoms with E-state index in [9.17, 15) is 4.79 Å². The van der Waals surface area contributed by atoms with Crippen molar-refractivity contribution < 1.29 is 4.79 Å². The van der Waals surface area contributed by atoms with Crippen LogP contribution in [0.4, 0.5) is 0 Å². The predicted molar refractivity (Wildman–Crippen MR) is 97.0 cm³/mol. The predicted octanol–water partition coefficient (Wildman–Crippen LogP) is 4.84. The summed E-state index contributed by atoms with van der Waals surface area (Å²) in [4.78, 5) is 11.5. The van der Waals surface area contributed by atoms with Crippen molar-refractivity contribution in [3.8, 4) is 0 Å². The molecule has 1 amide bonds. The van der Waals surface area contributed by atoms with Crippen molar-refractivity contribution >= 4 is 5.91 Å². The van der Waals surface area contributed by atoms with Crippen LogP contribution in [0.5, 0.6) is 0 Å². The van der Waals surface area contributed by atoms with Crippen LogP contribution in [-0.2, 0) is 6.42 Å². The molecule has 0 aliphatic carbocycles. The zero-order valence-electron chi connectivity index (χ0n) is 14.6. The number of hydrogen-bond acceptors (Lipinski definition) is 1. The van der Waals surface area contributed by atoms with Gasteiger partial charge in [-0.15, -0.1) is 0 Å². The van der Waals surface area contributed by atoms with Gasteiger partial charge in [0.1, 0.15) is 0 Å². The van der Waals surface area contributed by atoms with Crippen LogP contribution in [0.1, 0.15) is 63.9 Å². The number of hydrogen-bond donors (Lipinski definition) is 1. The van der Waals surface area contributed by atoms with Gasteiger partial charge in [-0.3, -0.25) is 4.79 Å². The summed E-state index contributed by atoms with van der Waals surface area (Å²) in [5.74, 6) is 0.0892. The van der Waals surface area contributed by atoms with Gasteiger partial charge in [-0.25, -0.2) is 0 Å². The van der Waals surface area contributed by atoms with Crippen LogP contribution in [0.3, 0.4) is 0 Å². The summed E-state index contributed by atoms with van der Waals surface area (Å²) in [5.41, 5.74) is 12.6. The lowest BCUT2D eigenvalue weighted by Crippen LogP contribution is -2.14. The summed E-state index contributed by atoms with van der Waals surface area (Å²) in [6.45, 7) is 8.60. The van der Waals surface area contributed by atoms with Crippen LogP contribution < -0.4 is 5.73 Å². The Balaban J connectivity index is 2.03. The molecule has 2 aromatic carbocycles. The third-order valence-corrected chi connectivity index (χ3v) is 4.97. The van der Waals surface area contributed by atoms with E-state index in [0.717, 1.165) is 24.8 Å². The van der Waals surface area contributed by atoms with Crippen LogP contribution in [-0.4, -0.2) is 5.91 Å². The Labute approximate surface area is 139 Å². The quantitative estimate of drug-likeness (QED) is 0.815. The average Bonchev–Trinajstić information content (AvgIpc) is 2.51. The zero-order valence-corrected chi connectivity index (χ0v) is 14.6. The highest BCUT2D eigenvalue weighted by atomic mass is 16.1. The third-order valence-electron chi connectivity index (χ3n) is 4.97. The SMILES string of the molecule is Cc1cccc(CCCC(C)c2cccc(C(N)=O)c2C)c1C. The van der Waals surface area contributed by atoms with Crippen molar-refractivity contribution in [2.75, 3.05) is 0 Å². The summed E-state index contributed by atoms with van der Waals surface area (Å²) in [6, 6.07) is 12.4. The van der Waals surface area contributed by atoms with Gasteiger partial charge >= 0.3 is 0 Å². The van der Waals surface area contributed by atoms with Crippen molar-refractivity contribution in [2.45, 2.75) is 52.9 Å². The van der Waals surface area contributed by atoms with E-state index in [1.165, 1.54) is 22.3 Å². The topological polar surface area (TPSA) is 43.1 Å². The molecule has 23 heavy (non-hydrogen) atoms. The maximum absolute atomic E-state index is 11.5. The van der Waals surface area contributed by atoms with E-state index >= 15 is 0 Å². The molecular weight excluding hydrogens is 282 g/mol. The number of benzene rings is 2. The molecule has 0 spiro atoms. The Morgan fingerprint density at radius 1 is 1.04 bits per heavy atom. The fourth-order valence-corrected chi connectivity index (χ4v) is 3.29. The molecule has 0 aliphatic heterocycles. The van der Waals surface area contributed by atoms with Crippen molar-refractivity contribution in [3.05, 3.63) is 69.8 Å². The second kappa shape index (κ2) is 7.45. The zero-order chi connectivity index (χ0) is 17.0. The van der Waals surface area contributed by atoms with E-state index in [4.69, 9.17) is 5.73 Å². The standard InChI is InChI=1S/C21H27NO/c1-14-8-5-10-18(16(14)3)11-6-9-15(2)19-12-7-13-20(17(19)4)21(22)23/h5,7-8,10,12-13,15H,6,9,11H2,1-4H3,(H2,22,23). The summed E-state index contributed by atoms with van der Waals surface area (Å²) in [6.07, 6.45) is 3.36. The number of rotatable bonds is 6. The van der Waals surface area contributed by atoms with Gasteiger partial charge in [0.25, 0.3) is 0 Å². The highest BCUT2D eigenvalue weighted by Gasteiger charge is 2.13. The number of aryl methyl sites for hydroxylation is 2. The average molecular weight is 309 g/mol. The number of nitrogens with two attached hydrogens (primary N) is 1. The number of carbonyl (C=O) groups is 1. The summed E-state index contributed by atoms with van der Waals surface area (Å²) in [7, 11) is 0. The van der Waals surface area contributed by atoms with Gasteiger partial charge in [-0.05, 0) is 79.8 Å². The Morgan fingerprint density at radius 3 is 2.43 bits per heavy atom. The van der Waals surface area contributed by atoms with Gasteiger partial charge in [0.15, 0.2) is 0 Å². The number of primary amides is 1. The van der Waals surface area contributed by atoms with Crippen LogP contribution in [0.15, 0.2) is 36.4 Å². The molecular formula is C21H27NO. The first kappa shape index (κ1) is 17.3. The fourth-order valence-electron chi connectivity index (χ4n) is 3.29. The number of amides is 1. The maximum atomic E-state index is 11.5. The molecule has 122 valence electrons. The molecule has 0 saturated heterocycles. The van der Waals surface area contributed by atoms with Gasteiger partial charge in [0.2, 0.25) is 5.91 Å². The second-order valence-corrected chi connectivity index (χ2v) is 6.54. The first-order valence-corrected chi connectivity index (χ1v) is 8.36. The van der Waals surface area contributed by atoms with E-state index in [0.29, 0.717) is 11.5 Å². The van der Waals surface area contributed by atoms with Gasteiger partial charge in [-0.2, -0.15) is 0 Å². The van der Waals surface area contributed by atoms with Crippen molar-refractivity contribution in [3.63, 3.8) is 0 Å². The second-order valence-electron chi connectivity index (χ2n) is 6.54. The lowest BCUT2D eigenvalue weighted by atomic mass is 9.88. The lowest BCUT2D eigenvalue weighted by molar-refractivity contribution is 0.0999.